The summed E-state index contributed by atoms with van der Waals surface area (Å²) in [4.78, 5) is 2.02. The molecule has 3 heterocycles. The number of nitrogens with zero attached hydrogens (tertiary/aromatic N) is 2. The number of hydrogen-bond donors (Lipinski definition) is 1. The summed E-state index contributed by atoms with van der Waals surface area (Å²) in [6.45, 7) is 0.735. The molecule has 1 unspecified atom stereocenters. The van der Waals surface area contributed by atoms with Gasteiger partial charge in [-0.15, -0.1) is 0 Å². The topological polar surface area (TPSA) is 72.9 Å². The van der Waals surface area contributed by atoms with Crippen molar-refractivity contribution in [1.82, 2.24) is 4.90 Å². The maximum Gasteiger partial charge on any atom is 0.338 e. The van der Waals surface area contributed by atoms with E-state index in [0.717, 1.165) is 31.1 Å². The van der Waals surface area contributed by atoms with Crippen LogP contribution in [0.3, 0.4) is 0 Å². The largest absolute Gasteiger partial charge is 0.435 e. The minimum Gasteiger partial charge on any atom is -0.435 e. The average molecular weight is 424 g/mol. The Labute approximate surface area is 168 Å². The van der Waals surface area contributed by atoms with Crippen molar-refractivity contribution in [2.75, 3.05) is 18.1 Å². The molecule has 29 heavy (non-hydrogen) atoms. The van der Waals surface area contributed by atoms with Crippen LogP contribution in [-0.4, -0.2) is 43.6 Å². The normalized spacial score (nSPS) is 27.2. The fraction of sp³-hybridized carbons (Fsp3) is 0.500. The monoisotopic (exact) mass is 424 g/mol. The van der Waals surface area contributed by atoms with E-state index in [4.69, 9.17) is 4.74 Å². The molecule has 1 N–H and O–H groups in total. The van der Waals surface area contributed by atoms with Gasteiger partial charge in [-0.3, -0.25) is 0 Å². The van der Waals surface area contributed by atoms with Crippen LogP contribution in [0.25, 0.3) is 0 Å². The van der Waals surface area contributed by atoms with Gasteiger partial charge in [0.25, 0.3) is 0 Å². The highest BCUT2D eigenvalue weighted by Gasteiger charge is 2.31. The number of ether oxygens (including phenoxy) is 1. The second-order valence-electron chi connectivity index (χ2n) is 7.62. The standard InChI is InChI=1S/C20H23F2N3O3S/c21-14-3-5-18(22)17(12-14)19-2-1-9-25(19)16-4-6-20(28-13-16)24-23-15-7-10-29(26,27)11-8-15/h3-6,12-13,15,19-20H,1-2,7-11H2/p+1/t19?,20-/m1/s1. The lowest BCUT2D eigenvalue weighted by molar-refractivity contribution is -0.606. The second kappa shape index (κ2) is 8.22. The molecule has 9 heteroatoms. The van der Waals surface area contributed by atoms with Gasteiger partial charge in [-0.25, -0.2) is 17.2 Å². The van der Waals surface area contributed by atoms with Gasteiger partial charge in [0.15, 0.2) is 0 Å². The number of rotatable bonds is 4. The van der Waals surface area contributed by atoms with Crippen molar-refractivity contribution in [3.8, 4) is 0 Å². The highest BCUT2D eigenvalue weighted by Crippen LogP contribution is 2.37. The molecule has 0 aromatic heterocycles. The molecule has 2 atom stereocenters. The lowest BCUT2D eigenvalue weighted by atomic mass is 10.0. The van der Waals surface area contributed by atoms with E-state index in [1.165, 1.54) is 12.1 Å². The van der Waals surface area contributed by atoms with E-state index in [0.29, 0.717) is 18.4 Å². The molecule has 6 nitrogen and oxygen atoms in total. The van der Waals surface area contributed by atoms with Crippen molar-refractivity contribution in [2.24, 2.45) is 5.11 Å². The van der Waals surface area contributed by atoms with Gasteiger partial charge in [-0.2, -0.15) is 0 Å². The number of benzene rings is 1. The third kappa shape index (κ3) is 4.66. The Bertz CT molecular complexity index is 948. The molecule has 2 fully saturated rings. The van der Waals surface area contributed by atoms with Crippen molar-refractivity contribution >= 4 is 9.84 Å². The Morgan fingerprint density at radius 1 is 1.17 bits per heavy atom. The molecule has 0 aliphatic carbocycles. The molecular weight excluding hydrogens is 400 g/mol. The molecule has 0 spiro atoms. The van der Waals surface area contributed by atoms with Crippen LogP contribution < -0.4 is 5.11 Å². The minimum atomic E-state index is -2.91. The SMILES string of the molecule is O=S1(=O)CCC(N=[NH+][C@H]2C=CC(N3CCCC3c3cc(F)ccc3F)=CO2)CC1. The number of nitrogens with one attached hydrogen (secondary N) is 1. The van der Waals surface area contributed by atoms with Crippen LogP contribution in [0.1, 0.15) is 37.3 Å². The van der Waals surface area contributed by atoms with Crippen LogP contribution >= 0.6 is 0 Å². The second-order valence-corrected chi connectivity index (χ2v) is 9.92. The summed E-state index contributed by atoms with van der Waals surface area (Å²) in [5, 5.41) is 7.29. The summed E-state index contributed by atoms with van der Waals surface area (Å²) in [6.07, 6.45) is 7.52. The zero-order valence-electron chi connectivity index (χ0n) is 15.9. The average Bonchev–Trinajstić information content (AvgIpc) is 3.19. The van der Waals surface area contributed by atoms with Gasteiger partial charge in [0.2, 0.25) is 0 Å². The molecule has 2 saturated heterocycles. The molecule has 0 amide bonds. The van der Waals surface area contributed by atoms with E-state index in [1.54, 1.807) is 6.26 Å². The molecule has 1 aromatic rings. The van der Waals surface area contributed by atoms with E-state index in [2.05, 4.69) is 10.2 Å². The smallest absolute Gasteiger partial charge is 0.338 e. The van der Waals surface area contributed by atoms with Crippen molar-refractivity contribution in [1.29, 1.82) is 0 Å². The van der Waals surface area contributed by atoms with Crippen molar-refractivity contribution in [2.45, 2.75) is 44.0 Å². The lowest BCUT2D eigenvalue weighted by Crippen LogP contribution is -2.74. The first-order valence-corrected chi connectivity index (χ1v) is 11.6. The first kappa shape index (κ1) is 20.0. The Morgan fingerprint density at radius 2 is 1.97 bits per heavy atom. The molecule has 0 radical (unpaired) electrons. The number of hydrogen-bond acceptors (Lipinski definition) is 5. The van der Waals surface area contributed by atoms with Gasteiger partial charge in [0, 0.05) is 18.2 Å². The minimum absolute atomic E-state index is 0.0418. The van der Waals surface area contributed by atoms with E-state index in [1.807, 2.05) is 17.1 Å². The first-order valence-electron chi connectivity index (χ1n) is 9.82. The van der Waals surface area contributed by atoms with Gasteiger partial charge in [0.1, 0.15) is 33.8 Å². The van der Waals surface area contributed by atoms with E-state index in [-0.39, 0.29) is 23.6 Å². The Balaban J connectivity index is 1.39. The molecule has 1 aromatic carbocycles. The van der Waals surface area contributed by atoms with Gasteiger partial charge >= 0.3 is 6.23 Å². The molecular formula is C20H24F2N3O3S+. The number of halogens is 2. The third-order valence-corrected chi connectivity index (χ3v) is 7.30. The molecule has 0 saturated carbocycles. The number of azo groups is 1. The van der Waals surface area contributed by atoms with Crippen molar-refractivity contribution < 1.29 is 27.0 Å². The van der Waals surface area contributed by atoms with Crippen LogP contribution in [0.2, 0.25) is 0 Å². The van der Waals surface area contributed by atoms with Gasteiger partial charge in [-0.05, 0) is 55.1 Å². The zero-order chi connectivity index (χ0) is 20.4. The fourth-order valence-electron chi connectivity index (χ4n) is 4.01. The predicted octanol–water partition coefficient (Wildman–Crippen LogP) is 1.97. The summed E-state index contributed by atoms with van der Waals surface area (Å²) in [6, 6.07) is 3.28. The van der Waals surface area contributed by atoms with Crippen LogP contribution in [0.4, 0.5) is 8.78 Å². The summed E-state index contributed by atoms with van der Waals surface area (Å²) in [7, 11) is -2.91. The summed E-state index contributed by atoms with van der Waals surface area (Å²) < 4.78 is 56.5. The molecule has 4 rings (SSSR count). The molecule has 3 aliphatic rings. The van der Waals surface area contributed by atoms with E-state index < -0.39 is 27.7 Å². The van der Waals surface area contributed by atoms with Gasteiger partial charge < -0.3 is 9.64 Å². The quantitative estimate of drug-likeness (QED) is 0.750. The molecule has 3 aliphatic heterocycles. The zero-order valence-corrected chi connectivity index (χ0v) is 16.7. The van der Waals surface area contributed by atoms with E-state index >= 15 is 0 Å². The Hall–Kier alpha value is -2.29. The van der Waals surface area contributed by atoms with Gasteiger partial charge in [0.05, 0.1) is 23.2 Å². The van der Waals surface area contributed by atoms with Crippen LogP contribution in [-0.2, 0) is 14.6 Å². The molecule has 156 valence electrons. The highest BCUT2D eigenvalue weighted by atomic mass is 32.2. The number of sulfone groups is 1. The highest BCUT2D eigenvalue weighted by molar-refractivity contribution is 7.91. The summed E-state index contributed by atoms with van der Waals surface area (Å²) in [5.74, 6) is -0.515. The van der Waals surface area contributed by atoms with Crippen LogP contribution in [0.15, 0.2) is 47.4 Å². The summed E-state index contributed by atoms with van der Waals surface area (Å²) in [5.41, 5.74) is 1.16. The third-order valence-electron chi connectivity index (χ3n) is 5.59. The number of allylic oxidation sites excluding steroid dienone is 1. The fourth-order valence-corrected chi connectivity index (χ4v) is 5.47. The predicted molar refractivity (Wildman–Crippen MR) is 102 cm³/mol. The maximum atomic E-state index is 14.2. The Kier molecular flexibility index (Phi) is 5.67. The maximum absolute atomic E-state index is 14.2. The van der Waals surface area contributed by atoms with Crippen LogP contribution in [0, 0.1) is 11.6 Å². The summed E-state index contributed by atoms with van der Waals surface area (Å²) >= 11 is 0. The first-order chi connectivity index (χ1) is 13.9. The lowest BCUT2D eigenvalue weighted by Gasteiger charge is -2.29. The van der Waals surface area contributed by atoms with Crippen LogP contribution in [0.5, 0.6) is 0 Å². The number of likely N-dealkylation sites (tertiary alicyclic amines) is 1. The molecule has 0 bridgehead atoms. The van der Waals surface area contributed by atoms with Crippen molar-refractivity contribution in [3.63, 3.8) is 0 Å². The van der Waals surface area contributed by atoms with Crippen molar-refractivity contribution in [3.05, 3.63) is 59.5 Å². The Morgan fingerprint density at radius 3 is 2.69 bits per heavy atom. The van der Waals surface area contributed by atoms with Gasteiger partial charge in [-0.1, -0.05) is 5.11 Å². The van der Waals surface area contributed by atoms with E-state index in [9.17, 15) is 17.2 Å².